The Morgan fingerprint density at radius 1 is 1.08 bits per heavy atom. The summed E-state index contributed by atoms with van der Waals surface area (Å²) in [5.41, 5.74) is 1.68. The van der Waals surface area contributed by atoms with Gasteiger partial charge in [0.05, 0.1) is 4.47 Å². The molecule has 24 heavy (non-hydrogen) atoms. The molecule has 0 amide bonds. The highest BCUT2D eigenvalue weighted by molar-refractivity contribution is 9.10. The number of hydrogen-bond donors (Lipinski definition) is 2. The van der Waals surface area contributed by atoms with Crippen molar-refractivity contribution in [1.29, 1.82) is 0 Å². The maximum atomic E-state index is 14.0. The fraction of sp³-hybridized carbons (Fsp3) is 0.222. The minimum absolute atomic E-state index is 0.0119. The standard InChI is InChI=1S/C18H13BrF2O3/c19-15-6-11(23)5-12-13-7-18(20,21)8-14(13)16(24-17(12)15)9-1-3-10(22)4-2-9/h1-7,14,16,22-23H,8H2/t14-,16?/m1/s1. The second kappa shape index (κ2) is 5.21. The van der Waals surface area contributed by atoms with Crippen molar-refractivity contribution in [2.45, 2.75) is 18.4 Å². The van der Waals surface area contributed by atoms with E-state index in [4.69, 9.17) is 4.74 Å². The number of aromatic hydroxyl groups is 2. The molecule has 4 rings (SSSR count). The van der Waals surface area contributed by atoms with E-state index in [1.807, 2.05) is 0 Å². The Labute approximate surface area is 145 Å². The Kier molecular flexibility index (Phi) is 3.35. The molecule has 0 spiro atoms. The molecule has 0 fully saturated rings. The zero-order valence-electron chi connectivity index (χ0n) is 12.3. The lowest BCUT2D eigenvalue weighted by Gasteiger charge is -2.34. The van der Waals surface area contributed by atoms with Crippen molar-refractivity contribution >= 4 is 21.5 Å². The minimum Gasteiger partial charge on any atom is -0.508 e. The van der Waals surface area contributed by atoms with Crippen molar-refractivity contribution in [1.82, 2.24) is 0 Å². The van der Waals surface area contributed by atoms with E-state index in [1.54, 1.807) is 12.1 Å². The maximum Gasteiger partial charge on any atom is 0.267 e. The van der Waals surface area contributed by atoms with Crippen LogP contribution in [0.4, 0.5) is 8.78 Å². The van der Waals surface area contributed by atoms with Gasteiger partial charge in [-0.05, 0) is 57.4 Å². The lowest BCUT2D eigenvalue weighted by Crippen LogP contribution is -2.25. The van der Waals surface area contributed by atoms with Crippen LogP contribution >= 0.6 is 15.9 Å². The highest BCUT2D eigenvalue weighted by Gasteiger charge is 2.48. The van der Waals surface area contributed by atoms with Gasteiger partial charge in [0.15, 0.2) is 0 Å². The first-order valence-electron chi connectivity index (χ1n) is 7.43. The highest BCUT2D eigenvalue weighted by Crippen LogP contribution is 2.56. The average molecular weight is 395 g/mol. The SMILES string of the molecule is Oc1ccc(C2Oc3c(Br)cc(O)cc3C3=CC(F)(F)C[C@H]32)cc1. The quantitative estimate of drug-likeness (QED) is 0.712. The van der Waals surface area contributed by atoms with Crippen LogP contribution in [0, 0.1) is 5.92 Å². The van der Waals surface area contributed by atoms with Crippen LogP contribution < -0.4 is 4.74 Å². The number of phenols is 2. The Bertz CT molecular complexity index is 846. The molecule has 2 aromatic carbocycles. The van der Waals surface area contributed by atoms with Gasteiger partial charge in [-0.3, -0.25) is 0 Å². The summed E-state index contributed by atoms with van der Waals surface area (Å²) in [6.07, 6.45) is 0.0393. The van der Waals surface area contributed by atoms with Crippen LogP contribution in [0.2, 0.25) is 0 Å². The van der Waals surface area contributed by atoms with E-state index in [-0.39, 0.29) is 17.9 Å². The number of halogens is 3. The Balaban J connectivity index is 1.88. The summed E-state index contributed by atoms with van der Waals surface area (Å²) in [6.45, 7) is 0. The van der Waals surface area contributed by atoms with Gasteiger partial charge < -0.3 is 14.9 Å². The molecule has 1 heterocycles. The van der Waals surface area contributed by atoms with Crippen LogP contribution in [0.3, 0.4) is 0 Å². The molecule has 1 aliphatic heterocycles. The molecule has 0 saturated heterocycles. The second-order valence-corrected chi connectivity index (χ2v) is 6.96. The number of alkyl halides is 2. The number of hydrogen-bond acceptors (Lipinski definition) is 3. The zero-order chi connectivity index (χ0) is 17.1. The van der Waals surface area contributed by atoms with Crippen molar-refractivity contribution in [2.24, 2.45) is 5.92 Å². The summed E-state index contributed by atoms with van der Waals surface area (Å²) in [5.74, 6) is -2.91. The normalized spacial score (nSPS) is 23.9. The highest BCUT2D eigenvalue weighted by atomic mass is 79.9. The van der Waals surface area contributed by atoms with Crippen molar-refractivity contribution in [3.05, 3.63) is 58.1 Å². The largest absolute Gasteiger partial charge is 0.508 e. The third-order valence-electron chi connectivity index (χ3n) is 4.43. The third-order valence-corrected chi connectivity index (χ3v) is 5.02. The van der Waals surface area contributed by atoms with Gasteiger partial charge in [-0.25, -0.2) is 8.78 Å². The van der Waals surface area contributed by atoms with Crippen LogP contribution in [0.1, 0.15) is 23.7 Å². The molecule has 2 N–H and O–H groups in total. The van der Waals surface area contributed by atoms with E-state index >= 15 is 0 Å². The minimum atomic E-state index is -2.92. The lowest BCUT2D eigenvalue weighted by molar-refractivity contribution is 0.0265. The van der Waals surface area contributed by atoms with Gasteiger partial charge in [0.25, 0.3) is 5.92 Å². The number of ether oxygens (including phenoxy) is 1. The first-order chi connectivity index (χ1) is 11.3. The van der Waals surface area contributed by atoms with Gasteiger partial charge in [0.1, 0.15) is 23.4 Å². The molecule has 1 unspecified atom stereocenters. The van der Waals surface area contributed by atoms with E-state index in [0.29, 0.717) is 26.9 Å². The molecule has 1 aliphatic carbocycles. The molecule has 124 valence electrons. The van der Waals surface area contributed by atoms with Crippen LogP contribution in [-0.4, -0.2) is 16.1 Å². The predicted molar refractivity (Wildman–Crippen MR) is 88.3 cm³/mol. The number of benzene rings is 2. The summed E-state index contributed by atoms with van der Waals surface area (Å²) in [4.78, 5) is 0. The molecular formula is C18H13BrF2O3. The van der Waals surface area contributed by atoms with Crippen molar-refractivity contribution in [3.8, 4) is 17.2 Å². The van der Waals surface area contributed by atoms with E-state index in [2.05, 4.69) is 15.9 Å². The Hall–Kier alpha value is -2.08. The molecule has 0 bridgehead atoms. The lowest BCUT2D eigenvalue weighted by atomic mass is 9.84. The van der Waals surface area contributed by atoms with E-state index in [1.165, 1.54) is 24.3 Å². The molecule has 6 heteroatoms. The molecular weight excluding hydrogens is 382 g/mol. The smallest absolute Gasteiger partial charge is 0.267 e. The molecule has 2 aliphatic rings. The van der Waals surface area contributed by atoms with Crippen LogP contribution in [0.15, 0.2) is 46.9 Å². The summed E-state index contributed by atoms with van der Waals surface area (Å²) >= 11 is 3.33. The average Bonchev–Trinajstić information content (AvgIpc) is 2.83. The van der Waals surface area contributed by atoms with Crippen LogP contribution in [-0.2, 0) is 0 Å². The monoisotopic (exact) mass is 394 g/mol. The van der Waals surface area contributed by atoms with Gasteiger partial charge in [-0.15, -0.1) is 0 Å². The van der Waals surface area contributed by atoms with Gasteiger partial charge >= 0.3 is 0 Å². The van der Waals surface area contributed by atoms with E-state index in [0.717, 1.165) is 6.08 Å². The number of allylic oxidation sites excluding steroid dienone is 1. The van der Waals surface area contributed by atoms with Crippen molar-refractivity contribution in [3.63, 3.8) is 0 Å². The van der Waals surface area contributed by atoms with Crippen molar-refractivity contribution < 1.29 is 23.7 Å². The first kappa shape index (κ1) is 15.4. The van der Waals surface area contributed by atoms with E-state index in [9.17, 15) is 19.0 Å². The molecule has 0 aromatic heterocycles. The molecule has 0 radical (unpaired) electrons. The summed E-state index contributed by atoms with van der Waals surface area (Å²) in [6, 6.07) is 9.29. The van der Waals surface area contributed by atoms with Crippen molar-refractivity contribution in [2.75, 3.05) is 0 Å². The number of rotatable bonds is 1. The first-order valence-corrected chi connectivity index (χ1v) is 8.22. The van der Waals surface area contributed by atoms with E-state index < -0.39 is 17.9 Å². The van der Waals surface area contributed by atoms with Crippen LogP contribution in [0.25, 0.3) is 5.57 Å². The maximum absolute atomic E-state index is 14.0. The van der Waals surface area contributed by atoms with Gasteiger partial charge in [0.2, 0.25) is 0 Å². The second-order valence-electron chi connectivity index (χ2n) is 6.11. The summed E-state index contributed by atoms with van der Waals surface area (Å²) in [5, 5.41) is 19.3. The number of fused-ring (bicyclic) bond motifs is 3. The Morgan fingerprint density at radius 3 is 2.50 bits per heavy atom. The van der Waals surface area contributed by atoms with Gasteiger partial charge in [0, 0.05) is 17.9 Å². The molecule has 2 atom stereocenters. The molecule has 2 aromatic rings. The van der Waals surface area contributed by atoms with Crippen LogP contribution in [0.5, 0.6) is 17.2 Å². The topological polar surface area (TPSA) is 49.7 Å². The van der Waals surface area contributed by atoms with Gasteiger partial charge in [-0.1, -0.05) is 12.1 Å². The summed E-state index contributed by atoms with van der Waals surface area (Å²) < 4.78 is 34.6. The fourth-order valence-electron chi connectivity index (χ4n) is 3.43. The number of phenolic OH excluding ortho intramolecular Hbond substituents is 2. The molecule has 0 saturated carbocycles. The third kappa shape index (κ3) is 2.45. The van der Waals surface area contributed by atoms with Gasteiger partial charge in [-0.2, -0.15) is 0 Å². The molecule has 3 nitrogen and oxygen atoms in total. The summed E-state index contributed by atoms with van der Waals surface area (Å²) in [7, 11) is 0. The fourth-order valence-corrected chi connectivity index (χ4v) is 3.97. The zero-order valence-corrected chi connectivity index (χ0v) is 13.9. The predicted octanol–water partition coefficient (Wildman–Crippen LogP) is 5.03. The Morgan fingerprint density at radius 2 is 1.79 bits per heavy atom.